The number of aliphatic hydroxyl groups is 1. The molecule has 160 valence electrons. The van der Waals surface area contributed by atoms with Gasteiger partial charge in [-0.25, -0.2) is 18.7 Å². The lowest BCUT2D eigenvalue weighted by Gasteiger charge is -2.43. The van der Waals surface area contributed by atoms with Crippen molar-refractivity contribution in [2.45, 2.75) is 56.7 Å². The lowest BCUT2D eigenvalue weighted by atomic mass is 9.91. The zero-order valence-corrected chi connectivity index (χ0v) is 16.4. The summed E-state index contributed by atoms with van der Waals surface area (Å²) in [4.78, 5) is 10.5. The standard InChI is InChI=1S/C21H22F4N4O/c1-10-15(30)9-29(10)20-27-16(14-4-6-21(24,25)18(14)28-20)12-2-3-13-11(8-12)5-7-26-17(13)19(22)23/h2-3,8,10,15,17,19,26,30H,4-7,9H2,1H3/t10-,15+,17?/m0/s1. The Morgan fingerprint density at radius 3 is 2.73 bits per heavy atom. The Balaban J connectivity index is 1.62. The summed E-state index contributed by atoms with van der Waals surface area (Å²) in [5.41, 5.74) is 2.53. The van der Waals surface area contributed by atoms with Crippen LogP contribution in [-0.2, 0) is 18.8 Å². The molecule has 1 saturated heterocycles. The van der Waals surface area contributed by atoms with Gasteiger partial charge in [0.05, 0.1) is 23.9 Å². The van der Waals surface area contributed by atoms with Crippen LogP contribution in [0.3, 0.4) is 0 Å². The lowest BCUT2D eigenvalue weighted by Crippen LogP contribution is -2.59. The van der Waals surface area contributed by atoms with Crippen molar-refractivity contribution < 1.29 is 22.7 Å². The van der Waals surface area contributed by atoms with Gasteiger partial charge in [-0.3, -0.25) is 0 Å². The number of halogens is 4. The molecule has 30 heavy (non-hydrogen) atoms. The van der Waals surface area contributed by atoms with Gasteiger partial charge in [0.2, 0.25) is 5.95 Å². The van der Waals surface area contributed by atoms with E-state index in [9.17, 15) is 22.7 Å². The highest BCUT2D eigenvalue weighted by Crippen LogP contribution is 2.45. The van der Waals surface area contributed by atoms with Crippen LogP contribution >= 0.6 is 0 Å². The summed E-state index contributed by atoms with van der Waals surface area (Å²) in [6.45, 7) is 2.51. The second kappa shape index (κ2) is 6.88. The number of alkyl halides is 4. The molecule has 5 rings (SSSR count). The molecule has 0 spiro atoms. The van der Waals surface area contributed by atoms with Crippen molar-refractivity contribution in [3.8, 4) is 11.3 Å². The first-order chi connectivity index (χ1) is 14.3. The Kier molecular flexibility index (Phi) is 4.52. The quantitative estimate of drug-likeness (QED) is 0.744. The van der Waals surface area contributed by atoms with Crippen molar-refractivity contribution in [2.24, 2.45) is 0 Å². The molecule has 1 fully saturated rings. The number of hydrogen-bond acceptors (Lipinski definition) is 5. The fourth-order valence-corrected chi connectivity index (χ4v) is 4.60. The number of anilines is 1. The first kappa shape index (κ1) is 19.7. The van der Waals surface area contributed by atoms with E-state index in [-0.39, 0.29) is 37.1 Å². The van der Waals surface area contributed by atoms with Crippen molar-refractivity contribution in [1.29, 1.82) is 0 Å². The van der Waals surface area contributed by atoms with Crippen molar-refractivity contribution >= 4 is 5.95 Å². The molecule has 2 aromatic rings. The van der Waals surface area contributed by atoms with Gasteiger partial charge in [-0.1, -0.05) is 12.1 Å². The molecule has 3 heterocycles. The Bertz CT molecular complexity index is 999. The molecule has 1 aromatic heterocycles. The van der Waals surface area contributed by atoms with E-state index in [1.807, 2.05) is 0 Å². The predicted molar refractivity (Wildman–Crippen MR) is 103 cm³/mol. The summed E-state index contributed by atoms with van der Waals surface area (Å²) in [6.07, 6.45) is -2.66. The molecule has 2 aliphatic heterocycles. The van der Waals surface area contributed by atoms with Crippen molar-refractivity contribution in [1.82, 2.24) is 15.3 Å². The minimum Gasteiger partial charge on any atom is -0.389 e. The topological polar surface area (TPSA) is 61.3 Å². The van der Waals surface area contributed by atoms with E-state index in [1.54, 1.807) is 30.0 Å². The molecule has 1 aliphatic carbocycles. The zero-order valence-electron chi connectivity index (χ0n) is 16.4. The minimum atomic E-state index is -3.03. The summed E-state index contributed by atoms with van der Waals surface area (Å²) in [5, 5.41) is 12.6. The summed E-state index contributed by atoms with van der Waals surface area (Å²) >= 11 is 0. The predicted octanol–water partition coefficient (Wildman–Crippen LogP) is 3.20. The molecule has 3 atom stereocenters. The van der Waals surface area contributed by atoms with E-state index in [1.165, 1.54) is 0 Å². The van der Waals surface area contributed by atoms with Gasteiger partial charge < -0.3 is 15.3 Å². The van der Waals surface area contributed by atoms with Gasteiger partial charge in [0.15, 0.2) is 0 Å². The number of benzene rings is 1. The van der Waals surface area contributed by atoms with Crippen molar-refractivity contribution in [3.05, 3.63) is 40.6 Å². The summed E-state index contributed by atoms with van der Waals surface area (Å²) in [7, 11) is 0. The van der Waals surface area contributed by atoms with Gasteiger partial charge in [-0.05, 0) is 43.5 Å². The van der Waals surface area contributed by atoms with E-state index < -0.39 is 24.5 Å². The Labute approximate surface area is 171 Å². The largest absolute Gasteiger partial charge is 0.389 e. The van der Waals surface area contributed by atoms with Crippen LogP contribution in [0.1, 0.15) is 41.8 Å². The maximum atomic E-state index is 14.5. The van der Waals surface area contributed by atoms with E-state index in [4.69, 9.17) is 0 Å². The molecular formula is C21H22F4N4O. The smallest absolute Gasteiger partial charge is 0.290 e. The maximum Gasteiger partial charge on any atom is 0.290 e. The van der Waals surface area contributed by atoms with Crippen LogP contribution in [0.2, 0.25) is 0 Å². The number of nitrogens with zero attached hydrogens (tertiary/aromatic N) is 3. The molecule has 0 bridgehead atoms. The fourth-order valence-electron chi connectivity index (χ4n) is 4.60. The number of β-amino-alcohol motifs (C(OH)–C–C–N with tert-alkyl or cyclic N) is 1. The molecule has 2 N–H and O–H groups in total. The summed E-state index contributed by atoms with van der Waals surface area (Å²) < 4.78 is 55.8. The van der Waals surface area contributed by atoms with Crippen LogP contribution < -0.4 is 10.2 Å². The molecule has 1 aromatic carbocycles. The van der Waals surface area contributed by atoms with Crippen LogP contribution in [0, 0.1) is 0 Å². The zero-order chi connectivity index (χ0) is 21.2. The van der Waals surface area contributed by atoms with E-state index in [2.05, 4.69) is 15.3 Å². The second-order valence-corrected chi connectivity index (χ2v) is 8.29. The summed E-state index contributed by atoms with van der Waals surface area (Å²) in [5.74, 6) is -2.86. The Morgan fingerprint density at radius 2 is 2.03 bits per heavy atom. The number of rotatable bonds is 3. The third-order valence-corrected chi connectivity index (χ3v) is 6.48. The van der Waals surface area contributed by atoms with Crippen LogP contribution in [-0.4, -0.2) is 46.7 Å². The van der Waals surface area contributed by atoms with E-state index in [0.717, 1.165) is 5.56 Å². The van der Waals surface area contributed by atoms with Crippen LogP contribution in [0.15, 0.2) is 18.2 Å². The van der Waals surface area contributed by atoms with Crippen LogP contribution in [0.25, 0.3) is 11.3 Å². The van der Waals surface area contributed by atoms with Crippen molar-refractivity contribution in [3.63, 3.8) is 0 Å². The molecule has 9 heteroatoms. The molecule has 1 unspecified atom stereocenters. The highest BCUT2D eigenvalue weighted by molar-refractivity contribution is 5.69. The van der Waals surface area contributed by atoms with Gasteiger partial charge in [0.25, 0.3) is 12.3 Å². The van der Waals surface area contributed by atoms with Gasteiger partial charge in [-0.2, -0.15) is 8.78 Å². The highest BCUT2D eigenvalue weighted by Gasteiger charge is 2.45. The van der Waals surface area contributed by atoms with Gasteiger partial charge in [0, 0.05) is 24.1 Å². The Hall–Kier alpha value is -2.26. The minimum absolute atomic E-state index is 0.161. The van der Waals surface area contributed by atoms with Crippen LogP contribution in [0.5, 0.6) is 0 Å². The SMILES string of the molecule is C[C@H]1[C@H](O)CN1c1nc(-c2ccc3c(c2)CCNC3C(F)F)c2c(n1)C(F)(F)CC2. The van der Waals surface area contributed by atoms with Gasteiger partial charge in [-0.15, -0.1) is 0 Å². The molecular weight excluding hydrogens is 400 g/mol. The number of aromatic nitrogens is 2. The summed E-state index contributed by atoms with van der Waals surface area (Å²) in [6, 6.07) is 3.83. The molecule has 0 saturated carbocycles. The second-order valence-electron chi connectivity index (χ2n) is 8.29. The van der Waals surface area contributed by atoms with Crippen LogP contribution in [0.4, 0.5) is 23.5 Å². The fraction of sp³-hybridized carbons (Fsp3) is 0.524. The van der Waals surface area contributed by atoms with E-state index >= 15 is 0 Å². The maximum absolute atomic E-state index is 14.5. The monoisotopic (exact) mass is 422 g/mol. The first-order valence-electron chi connectivity index (χ1n) is 10.1. The molecule has 5 nitrogen and oxygen atoms in total. The molecule has 0 radical (unpaired) electrons. The highest BCUT2D eigenvalue weighted by atomic mass is 19.3. The lowest BCUT2D eigenvalue weighted by molar-refractivity contribution is -0.00603. The normalized spacial score (nSPS) is 27.0. The number of hydrogen-bond donors (Lipinski definition) is 2. The van der Waals surface area contributed by atoms with Gasteiger partial charge >= 0.3 is 0 Å². The number of nitrogens with one attached hydrogen (secondary N) is 1. The average Bonchev–Trinajstić information content (AvgIpc) is 3.04. The Morgan fingerprint density at radius 1 is 1.23 bits per heavy atom. The molecule has 0 amide bonds. The van der Waals surface area contributed by atoms with Crippen molar-refractivity contribution in [2.75, 3.05) is 18.0 Å². The molecule has 3 aliphatic rings. The third-order valence-electron chi connectivity index (χ3n) is 6.48. The first-order valence-corrected chi connectivity index (χ1v) is 10.1. The van der Waals surface area contributed by atoms with Gasteiger partial charge in [0.1, 0.15) is 5.69 Å². The average molecular weight is 422 g/mol. The number of aliphatic hydroxyl groups excluding tert-OH is 1. The van der Waals surface area contributed by atoms with E-state index in [0.29, 0.717) is 35.3 Å². The number of fused-ring (bicyclic) bond motifs is 2. The third kappa shape index (κ3) is 2.98.